The Hall–Kier alpha value is -1.59. The molecule has 3 fully saturated rings. The molecule has 0 spiro atoms. The van der Waals surface area contributed by atoms with Crippen LogP contribution in [0.25, 0.3) is 0 Å². The summed E-state index contributed by atoms with van der Waals surface area (Å²) in [4.78, 5) is 9.87. The number of hydrogen-bond donors (Lipinski definition) is 2. The van der Waals surface area contributed by atoms with Crippen LogP contribution in [0.1, 0.15) is 56.9 Å². The molecule has 2 N–H and O–H groups in total. The van der Waals surface area contributed by atoms with E-state index >= 15 is 0 Å². The monoisotopic (exact) mass is 397 g/mol. The maximum atomic E-state index is 4.51. The fourth-order valence-electron chi connectivity index (χ4n) is 5.43. The first-order valence-corrected chi connectivity index (χ1v) is 11.8. The molecular weight excluding hydrogens is 358 g/mol. The highest BCUT2D eigenvalue weighted by Gasteiger charge is 2.28. The molecule has 1 saturated carbocycles. The summed E-state index contributed by atoms with van der Waals surface area (Å²) in [6.07, 6.45) is 10.7. The highest BCUT2D eigenvalue weighted by atomic mass is 15.2. The topological polar surface area (TPSA) is 42.9 Å². The van der Waals surface area contributed by atoms with E-state index in [1.54, 1.807) is 0 Å². The van der Waals surface area contributed by atoms with E-state index in [4.69, 9.17) is 0 Å². The van der Waals surface area contributed by atoms with Gasteiger partial charge in [0.05, 0.1) is 0 Å². The minimum atomic E-state index is 0.558. The highest BCUT2D eigenvalue weighted by molar-refractivity contribution is 5.80. The van der Waals surface area contributed by atoms with E-state index in [0.717, 1.165) is 25.1 Å². The fourth-order valence-corrected chi connectivity index (χ4v) is 5.43. The van der Waals surface area contributed by atoms with Crippen molar-refractivity contribution < 1.29 is 0 Å². The van der Waals surface area contributed by atoms with Crippen LogP contribution in [0.5, 0.6) is 0 Å². The van der Waals surface area contributed by atoms with Crippen molar-refractivity contribution in [3.63, 3.8) is 0 Å². The van der Waals surface area contributed by atoms with Crippen LogP contribution in [0.2, 0.25) is 0 Å². The van der Waals surface area contributed by atoms with E-state index in [0.29, 0.717) is 12.1 Å². The highest BCUT2D eigenvalue weighted by Crippen LogP contribution is 2.26. The molecule has 1 aromatic rings. The molecule has 0 aromatic heterocycles. The van der Waals surface area contributed by atoms with Gasteiger partial charge < -0.3 is 15.5 Å². The van der Waals surface area contributed by atoms with E-state index in [1.165, 1.54) is 76.6 Å². The molecule has 5 nitrogen and oxygen atoms in total. The second-order valence-corrected chi connectivity index (χ2v) is 9.10. The summed E-state index contributed by atoms with van der Waals surface area (Å²) < 4.78 is 0. The quantitative estimate of drug-likeness (QED) is 0.571. The Morgan fingerprint density at radius 3 is 2.45 bits per heavy atom. The zero-order chi connectivity index (χ0) is 19.9. The summed E-state index contributed by atoms with van der Waals surface area (Å²) >= 11 is 0. The number of aliphatic imine (C=N–C) groups is 1. The minimum Gasteiger partial charge on any atom is -0.355 e. The van der Waals surface area contributed by atoms with Crippen molar-refractivity contribution in [3.05, 3.63) is 35.9 Å². The molecule has 1 atom stereocenters. The number of likely N-dealkylation sites (tertiary alicyclic amines) is 2. The number of nitrogens with zero attached hydrogens (tertiary/aromatic N) is 3. The number of nitrogens with one attached hydrogen (secondary N) is 2. The predicted octanol–water partition coefficient (Wildman–Crippen LogP) is 3.22. The van der Waals surface area contributed by atoms with Crippen molar-refractivity contribution in [2.24, 2.45) is 4.99 Å². The first kappa shape index (κ1) is 20.7. The molecule has 5 heteroatoms. The third-order valence-corrected chi connectivity index (χ3v) is 7.17. The van der Waals surface area contributed by atoms with Gasteiger partial charge in [-0.15, -0.1) is 0 Å². The van der Waals surface area contributed by atoms with Crippen LogP contribution in [0, 0.1) is 0 Å². The van der Waals surface area contributed by atoms with Crippen molar-refractivity contribution in [2.75, 3.05) is 33.2 Å². The van der Waals surface area contributed by atoms with Crippen molar-refractivity contribution in [2.45, 2.75) is 76.0 Å². The molecule has 3 aliphatic rings. The second-order valence-electron chi connectivity index (χ2n) is 9.10. The van der Waals surface area contributed by atoms with Crippen LogP contribution >= 0.6 is 0 Å². The number of benzene rings is 1. The summed E-state index contributed by atoms with van der Waals surface area (Å²) in [7, 11) is 1.90. The van der Waals surface area contributed by atoms with Gasteiger partial charge in [0.2, 0.25) is 0 Å². The predicted molar refractivity (Wildman–Crippen MR) is 121 cm³/mol. The molecule has 0 bridgehead atoms. The minimum absolute atomic E-state index is 0.558. The molecule has 0 radical (unpaired) electrons. The fraction of sp³-hybridized carbons (Fsp3) is 0.708. The van der Waals surface area contributed by atoms with Gasteiger partial charge in [-0.3, -0.25) is 9.89 Å². The molecule has 1 unspecified atom stereocenters. The van der Waals surface area contributed by atoms with Gasteiger partial charge in [0.25, 0.3) is 0 Å². The van der Waals surface area contributed by atoms with E-state index in [-0.39, 0.29) is 0 Å². The van der Waals surface area contributed by atoms with Gasteiger partial charge in [-0.05, 0) is 50.6 Å². The zero-order valence-corrected chi connectivity index (χ0v) is 18.2. The summed E-state index contributed by atoms with van der Waals surface area (Å²) in [5, 5.41) is 7.32. The van der Waals surface area contributed by atoms with Crippen LogP contribution in [-0.2, 0) is 6.54 Å². The summed E-state index contributed by atoms with van der Waals surface area (Å²) in [6.45, 7) is 5.72. The van der Waals surface area contributed by atoms with Crippen molar-refractivity contribution in [1.82, 2.24) is 20.4 Å². The molecule has 1 aliphatic carbocycles. The van der Waals surface area contributed by atoms with Gasteiger partial charge in [0.1, 0.15) is 0 Å². The molecule has 2 heterocycles. The third kappa shape index (κ3) is 5.73. The largest absolute Gasteiger partial charge is 0.355 e. The Morgan fingerprint density at radius 1 is 0.966 bits per heavy atom. The first-order valence-electron chi connectivity index (χ1n) is 11.8. The van der Waals surface area contributed by atoms with Crippen LogP contribution in [0.15, 0.2) is 35.3 Å². The average Bonchev–Trinajstić information content (AvgIpc) is 3.45. The number of hydrogen-bond acceptors (Lipinski definition) is 3. The average molecular weight is 398 g/mol. The Kier molecular flexibility index (Phi) is 7.44. The lowest BCUT2D eigenvalue weighted by molar-refractivity contribution is 0.150. The molecule has 1 aromatic carbocycles. The van der Waals surface area contributed by atoms with Crippen molar-refractivity contribution in [3.8, 4) is 0 Å². The van der Waals surface area contributed by atoms with E-state index in [1.807, 2.05) is 7.05 Å². The third-order valence-electron chi connectivity index (χ3n) is 7.17. The van der Waals surface area contributed by atoms with Gasteiger partial charge in [-0.2, -0.15) is 0 Å². The molecule has 0 amide bonds. The Balaban J connectivity index is 1.20. The van der Waals surface area contributed by atoms with Gasteiger partial charge in [0, 0.05) is 51.4 Å². The van der Waals surface area contributed by atoms with Crippen LogP contribution in [-0.4, -0.2) is 67.1 Å². The smallest absolute Gasteiger partial charge is 0.191 e. The summed E-state index contributed by atoms with van der Waals surface area (Å²) in [5.74, 6) is 0.982. The van der Waals surface area contributed by atoms with Gasteiger partial charge in [0.15, 0.2) is 5.96 Å². The lowest BCUT2D eigenvalue weighted by atomic mass is 10.0. The van der Waals surface area contributed by atoms with Crippen molar-refractivity contribution >= 4 is 5.96 Å². The van der Waals surface area contributed by atoms with Gasteiger partial charge in [-0.1, -0.05) is 43.2 Å². The molecular formula is C24H39N5. The van der Waals surface area contributed by atoms with Crippen LogP contribution < -0.4 is 10.6 Å². The van der Waals surface area contributed by atoms with E-state index in [9.17, 15) is 0 Å². The maximum absolute atomic E-state index is 4.51. The molecule has 160 valence electrons. The summed E-state index contributed by atoms with van der Waals surface area (Å²) in [5.41, 5.74) is 1.41. The zero-order valence-electron chi connectivity index (χ0n) is 18.2. The Bertz CT molecular complexity index is 632. The number of rotatable bonds is 6. The Morgan fingerprint density at radius 2 is 1.72 bits per heavy atom. The summed E-state index contributed by atoms with van der Waals surface area (Å²) in [6, 6.07) is 12.9. The normalized spacial score (nSPS) is 25.6. The SMILES string of the molecule is CN=C(NCC1CCCN1Cc1ccccc1)NC1CCN(C2CCCC2)CC1. The van der Waals surface area contributed by atoms with Crippen molar-refractivity contribution in [1.29, 1.82) is 0 Å². The van der Waals surface area contributed by atoms with E-state index in [2.05, 4.69) is 55.8 Å². The molecule has 29 heavy (non-hydrogen) atoms. The van der Waals surface area contributed by atoms with E-state index < -0.39 is 0 Å². The van der Waals surface area contributed by atoms with Crippen LogP contribution in [0.4, 0.5) is 0 Å². The molecule has 4 rings (SSSR count). The first-order chi connectivity index (χ1) is 14.3. The Labute approximate surface area is 176 Å². The molecule has 2 saturated heterocycles. The lowest BCUT2D eigenvalue weighted by Crippen LogP contribution is -2.51. The second kappa shape index (κ2) is 10.4. The van der Waals surface area contributed by atoms with Gasteiger partial charge in [-0.25, -0.2) is 0 Å². The molecule has 2 aliphatic heterocycles. The number of piperidine rings is 1. The van der Waals surface area contributed by atoms with Gasteiger partial charge >= 0.3 is 0 Å². The lowest BCUT2D eigenvalue weighted by Gasteiger charge is -2.36. The van der Waals surface area contributed by atoms with Crippen LogP contribution in [0.3, 0.4) is 0 Å². The number of guanidine groups is 1. The maximum Gasteiger partial charge on any atom is 0.191 e. The standard InChI is InChI=1S/C24H39N5/c1-25-24(27-21-13-16-28(17-14-21)22-10-5-6-11-22)26-18-23-12-7-15-29(23)19-20-8-3-2-4-9-20/h2-4,8-9,21-23H,5-7,10-19H2,1H3,(H2,25,26,27).